The van der Waals surface area contributed by atoms with E-state index >= 15 is 0 Å². The van der Waals surface area contributed by atoms with Crippen LogP contribution in [0.15, 0.2) is 12.4 Å². The number of nitrogens with zero attached hydrogens (tertiary/aromatic N) is 3. The van der Waals surface area contributed by atoms with Crippen LogP contribution in [0.2, 0.25) is 0 Å². The minimum Gasteiger partial charge on any atom is -0.377 e. The molecule has 0 spiro atoms. The van der Waals surface area contributed by atoms with Crippen molar-refractivity contribution in [3.8, 4) is 0 Å². The lowest BCUT2D eigenvalue weighted by atomic mass is 10.2. The van der Waals surface area contributed by atoms with Gasteiger partial charge in [-0.2, -0.15) is 0 Å². The number of imidazole rings is 1. The van der Waals surface area contributed by atoms with Crippen LogP contribution in [0.1, 0.15) is 32.0 Å². The summed E-state index contributed by atoms with van der Waals surface area (Å²) >= 11 is 0. The van der Waals surface area contributed by atoms with Crippen LogP contribution in [0.4, 0.5) is 0 Å². The Bertz CT molecular complexity index is 512. The van der Waals surface area contributed by atoms with Gasteiger partial charge in [-0.15, -0.1) is 0 Å². The molecule has 1 atom stereocenters. The van der Waals surface area contributed by atoms with Gasteiger partial charge in [0.25, 0.3) is 0 Å². The van der Waals surface area contributed by atoms with E-state index in [0.29, 0.717) is 32.0 Å². The van der Waals surface area contributed by atoms with Gasteiger partial charge in [-0.05, 0) is 0 Å². The number of carbonyl (C=O) groups excluding carboxylic acids is 2. The van der Waals surface area contributed by atoms with E-state index in [-0.39, 0.29) is 12.5 Å². The summed E-state index contributed by atoms with van der Waals surface area (Å²) in [5.74, 6) is 0.659. The number of amides is 2. The van der Waals surface area contributed by atoms with Crippen LogP contribution in [-0.2, 0) is 20.9 Å². The smallest absolute Gasteiger partial charge is 0.242 e. The van der Waals surface area contributed by atoms with E-state index in [4.69, 9.17) is 10.5 Å². The fourth-order valence-corrected chi connectivity index (χ4v) is 2.51. The molecule has 2 heterocycles. The number of hydrogen-bond acceptors (Lipinski definition) is 4. The second-order valence-corrected chi connectivity index (χ2v) is 5.46. The Morgan fingerprint density at radius 3 is 2.95 bits per heavy atom. The van der Waals surface area contributed by atoms with Crippen molar-refractivity contribution in [1.82, 2.24) is 14.5 Å². The fraction of sp³-hybridized carbons (Fsp3) is 0.643. The topological polar surface area (TPSA) is 90.4 Å². The normalized spacial score (nSPS) is 19.0. The average molecular weight is 294 g/mol. The van der Waals surface area contributed by atoms with Gasteiger partial charge >= 0.3 is 0 Å². The number of rotatable bonds is 5. The molecule has 0 aromatic carbocycles. The number of aromatic nitrogens is 2. The first-order valence-electron chi connectivity index (χ1n) is 7.18. The fourth-order valence-electron chi connectivity index (χ4n) is 2.51. The number of ether oxygens (including phenoxy) is 1. The molecular weight excluding hydrogens is 272 g/mol. The minimum absolute atomic E-state index is 0.0782. The molecule has 7 nitrogen and oxygen atoms in total. The van der Waals surface area contributed by atoms with Crippen molar-refractivity contribution < 1.29 is 14.3 Å². The number of carbonyl (C=O) groups is 2. The molecule has 21 heavy (non-hydrogen) atoms. The summed E-state index contributed by atoms with van der Waals surface area (Å²) in [6.45, 7) is 5.71. The first kappa shape index (κ1) is 15.5. The summed E-state index contributed by atoms with van der Waals surface area (Å²) in [6, 6.07) is -0.654. The maximum absolute atomic E-state index is 12.3. The second kappa shape index (κ2) is 6.71. The molecule has 2 N–H and O–H groups in total. The Labute approximate surface area is 124 Å². The third-order valence-electron chi connectivity index (χ3n) is 3.61. The van der Waals surface area contributed by atoms with Crippen LogP contribution in [0.25, 0.3) is 0 Å². The van der Waals surface area contributed by atoms with E-state index in [1.54, 1.807) is 6.20 Å². The van der Waals surface area contributed by atoms with Gasteiger partial charge in [0, 0.05) is 37.8 Å². The SMILES string of the molecule is CC(C)c1nccn1CCC(=O)N1CCOCC1C(N)=O. The average Bonchev–Trinajstić information content (AvgIpc) is 2.93. The van der Waals surface area contributed by atoms with Crippen molar-refractivity contribution in [3.05, 3.63) is 18.2 Å². The number of aryl methyl sites for hydroxylation is 1. The highest BCUT2D eigenvalue weighted by atomic mass is 16.5. The summed E-state index contributed by atoms with van der Waals surface area (Å²) < 4.78 is 7.19. The molecule has 2 amide bonds. The van der Waals surface area contributed by atoms with Gasteiger partial charge in [-0.3, -0.25) is 9.59 Å². The van der Waals surface area contributed by atoms with Gasteiger partial charge in [0.15, 0.2) is 0 Å². The van der Waals surface area contributed by atoms with Crippen molar-refractivity contribution >= 4 is 11.8 Å². The third kappa shape index (κ3) is 3.60. The molecule has 1 aliphatic rings. The summed E-state index contributed by atoms with van der Waals surface area (Å²) in [4.78, 5) is 29.5. The predicted molar refractivity (Wildman–Crippen MR) is 76.4 cm³/mol. The standard InChI is InChI=1S/C14H22N4O3/c1-10(2)14-16-4-6-17(14)5-3-12(19)18-7-8-21-9-11(18)13(15)20/h4,6,10-11H,3,5,7-9H2,1-2H3,(H2,15,20). The number of nitrogens with two attached hydrogens (primary N) is 1. The summed E-state index contributed by atoms with van der Waals surface area (Å²) in [5.41, 5.74) is 5.32. The zero-order chi connectivity index (χ0) is 15.4. The van der Waals surface area contributed by atoms with Gasteiger partial charge in [0.05, 0.1) is 13.2 Å². The van der Waals surface area contributed by atoms with Crippen LogP contribution < -0.4 is 5.73 Å². The zero-order valence-corrected chi connectivity index (χ0v) is 12.5. The lowest BCUT2D eigenvalue weighted by Gasteiger charge is -2.33. The molecule has 0 bridgehead atoms. The molecule has 1 aromatic rings. The largest absolute Gasteiger partial charge is 0.377 e. The first-order chi connectivity index (χ1) is 10.0. The molecule has 1 aliphatic heterocycles. The Hall–Kier alpha value is -1.89. The van der Waals surface area contributed by atoms with E-state index in [2.05, 4.69) is 18.8 Å². The van der Waals surface area contributed by atoms with E-state index in [1.807, 2.05) is 10.8 Å². The Balaban J connectivity index is 1.97. The van der Waals surface area contributed by atoms with Gasteiger partial charge in [-0.1, -0.05) is 13.8 Å². The van der Waals surface area contributed by atoms with E-state index in [1.165, 1.54) is 4.90 Å². The van der Waals surface area contributed by atoms with Crippen LogP contribution in [0.5, 0.6) is 0 Å². The highest BCUT2D eigenvalue weighted by Crippen LogP contribution is 2.14. The van der Waals surface area contributed by atoms with Gasteiger partial charge in [0.1, 0.15) is 11.9 Å². The molecule has 0 aliphatic carbocycles. The lowest BCUT2D eigenvalue weighted by molar-refractivity contribution is -0.147. The maximum atomic E-state index is 12.3. The quantitative estimate of drug-likeness (QED) is 0.834. The highest BCUT2D eigenvalue weighted by molar-refractivity contribution is 5.86. The molecule has 2 rings (SSSR count). The molecule has 1 unspecified atom stereocenters. The monoisotopic (exact) mass is 294 g/mol. The molecular formula is C14H22N4O3. The van der Waals surface area contributed by atoms with Crippen molar-refractivity contribution in [3.63, 3.8) is 0 Å². The van der Waals surface area contributed by atoms with E-state index < -0.39 is 11.9 Å². The first-order valence-corrected chi connectivity index (χ1v) is 7.18. The van der Waals surface area contributed by atoms with E-state index in [0.717, 1.165) is 5.82 Å². The molecule has 1 aromatic heterocycles. The minimum atomic E-state index is -0.654. The van der Waals surface area contributed by atoms with Crippen molar-refractivity contribution in [2.75, 3.05) is 19.8 Å². The Kier molecular flexibility index (Phi) is 4.95. The molecule has 116 valence electrons. The lowest BCUT2D eigenvalue weighted by Crippen LogP contribution is -2.54. The van der Waals surface area contributed by atoms with Gasteiger partial charge in [-0.25, -0.2) is 4.98 Å². The number of morpholine rings is 1. The zero-order valence-electron chi connectivity index (χ0n) is 12.5. The van der Waals surface area contributed by atoms with Crippen molar-refractivity contribution in [2.45, 2.75) is 38.8 Å². The molecule has 0 radical (unpaired) electrons. The third-order valence-corrected chi connectivity index (χ3v) is 3.61. The number of hydrogen-bond donors (Lipinski definition) is 1. The summed E-state index contributed by atoms with van der Waals surface area (Å²) in [6.07, 6.45) is 3.92. The molecule has 0 saturated carbocycles. The Morgan fingerprint density at radius 1 is 1.52 bits per heavy atom. The van der Waals surface area contributed by atoms with Gasteiger partial charge < -0.3 is 19.9 Å². The maximum Gasteiger partial charge on any atom is 0.242 e. The van der Waals surface area contributed by atoms with Crippen LogP contribution in [0, 0.1) is 0 Å². The van der Waals surface area contributed by atoms with E-state index in [9.17, 15) is 9.59 Å². The Morgan fingerprint density at radius 2 is 2.29 bits per heavy atom. The molecule has 1 fully saturated rings. The van der Waals surface area contributed by atoms with Crippen LogP contribution in [-0.4, -0.2) is 52.1 Å². The number of primary amides is 1. The molecule has 1 saturated heterocycles. The highest BCUT2D eigenvalue weighted by Gasteiger charge is 2.31. The second-order valence-electron chi connectivity index (χ2n) is 5.46. The van der Waals surface area contributed by atoms with Crippen molar-refractivity contribution in [1.29, 1.82) is 0 Å². The summed E-state index contributed by atoms with van der Waals surface area (Å²) in [5, 5.41) is 0. The van der Waals surface area contributed by atoms with Gasteiger partial charge in [0.2, 0.25) is 11.8 Å². The summed E-state index contributed by atoms with van der Waals surface area (Å²) in [7, 11) is 0. The molecule has 7 heteroatoms. The van der Waals surface area contributed by atoms with Crippen molar-refractivity contribution in [2.24, 2.45) is 5.73 Å². The van der Waals surface area contributed by atoms with Crippen LogP contribution in [0.3, 0.4) is 0 Å². The predicted octanol–water partition coefficient (Wildman–Crippen LogP) is 0.109. The van der Waals surface area contributed by atoms with Crippen LogP contribution >= 0.6 is 0 Å².